The molecule has 0 N–H and O–H groups in total. The van der Waals surface area contributed by atoms with Crippen LogP contribution in [0.5, 0.6) is 0 Å². The summed E-state index contributed by atoms with van der Waals surface area (Å²) in [5.74, 6) is 0. The summed E-state index contributed by atoms with van der Waals surface area (Å²) in [6.45, 7) is 2.27. The largest absolute Gasteiger partial charge is 0.256 e. The van der Waals surface area contributed by atoms with Gasteiger partial charge in [0.1, 0.15) is 0 Å². The molecule has 0 amide bonds. The number of aryl methyl sites for hydroxylation is 1. The molecule has 1 aromatic heterocycles. The van der Waals surface area contributed by atoms with Crippen molar-refractivity contribution in [3.05, 3.63) is 42.1 Å². The average molecular weight is 241 g/mol. The lowest BCUT2D eigenvalue weighted by molar-refractivity contribution is 0.607. The maximum Gasteiger partial charge on any atom is 0.0704 e. The third-order valence-corrected chi connectivity index (χ3v) is 3.49. The van der Waals surface area contributed by atoms with Crippen molar-refractivity contribution >= 4 is 10.9 Å². The minimum atomic E-state index is 1.13. The highest BCUT2D eigenvalue weighted by Crippen LogP contribution is 2.15. The highest BCUT2D eigenvalue weighted by Gasteiger charge is 1.97. The molecule has 1 heteroatoms. The van der Waals surface area contributed by atoms with Gasteiger partial charge in [0.2, 0.25) is 0 Å². The van der Waals surface area contributed by atoms with E-state index < -0.39 is 0 Å². The number of nitrogens with zero attached hydrogens (tertiary/aromatic N) is 1. The molecule has 2 rings (SSSR count). The number of hydrogen-bond acceptors (Lipinski definition) is 1. The van der Waals surface area contributed by atoms with Crippen LogP contribution >= 0.6 is 0 Å². The third-order valence-electron chi connectivity index (χ3n) is 3.49. The summed E-state index contributed by atoms with van der Waals surface area (Å²) in [6.07, 6.45) is 11.2. The van der Waals surface area contributed by atoms with Crippen molar-refractivity contribution in [2.75, 3.05) is 0 Å². The number of aromatic nitrogens is 1. The lowest BCUT2D eigenvalue weighted by atomic mass is 10.0. The normalized spacial score (nSPS) is 10.9. The van der Waals surface area contributed by atoms with E-state index in [9.17, 15) is 0 Å². The minimum Gasteiger partial charge on any atom is -0.256 e. The lowest BCUT2D eigenvalue weighted by Crippen LogP contribution is -1.87. The summed E-state index contributed by atoms with van der Waals surface area (Å²) in [6, 6.07) is 10.8. The molecule has 0 saturated heterocycles. The van der Waals surface area contributed by atoms with Crippen molar-refractivity contribution in [2.45, 2.75) is 51.9 Å². The fourth-order valence-corrected chi connectivity index (χ4v) is 2.38. The number of unbranched alkanes of at least 4 members (excludes halogenated alkanes) is 5. The quantitative estimate of drug-likeness (QED) is 0.612. The van der Waals surface area contributed by atoms with Crippen LogP contribution in [0.2, 0.25) is 0 Å². The first-order valence-electron chi connectivity index (χ1n) is 7.24. The van der Waals surface area contributed by atoms with Crippen molar-refractivity contribution < 1.29 is 0 Å². The van der Waals surface area contributed by atoms with Crippen molar-refractivity contribution in [1.29, 1.82) is 0 Å². The molecule has 0 saturated carbocycles. The van der Waals surface area contributed by atoms with Crippen molar-refractivity contribution in [1.82, 2.24) is 4.98 Å². The number of rotatable bonds is 7. The van der Waals surface area contributed by atoms with Gasteiger partial charge in [-0.05, 0) is 30.5 Å². The Hall–Kier alpha value is -1.37. The Kier molecular flexibility index (Phi) is 5.19. The molecule has 0 spiro atoms. The number of pyridine rings is 1. The molecule has 0 bridgehead atoms. The Bertz CT molecular complexity index is 476. The summed E-state index contributed by atoms with van der Waals surface area (Å²) in [4.78, 5) is 4.41. The molecule has 1 heterocycles. The van der Waals surface area contributed by atoms with E-state index in [1.165, 1.54) is 55.9 Å². The Morgan fingerprint density at radius 3 is 2.67 bits per heavy atom. The van der Waals surface area contributed by atoms with Gasteiger partial charge in [0, 0.05) is 11.6 Å². The van der Waals surface area contributed by atoms with Gasteiger partial charge < -0.3 is 0 Å². The van der Waals surface area contributed by atoms with Crippen molar-refractivity contribution in [3.8, 4) is 0 Å². The number of benzene rings is 1. The van der Waals surface area contributed by atoms with Gasteiger partial charge in [-0.1, -0.05) is 57.2 Å². The fraction of sp³-hybridized carbons (Fsp3) is 0.471. The molecule has 0 atom stereocenters. The predicted octanol–water partition coefficient (Wildman–Crippen LogP) is 5.14. The zero-order chi connectivity index (χ0) is 12.6. The van der Waals surface area contributed by atoms with E-state index in [0.717, 1.165) is 5.52 Å². The van der Waals surface area contributed by atoms with Crippen LogP contribution < -0.4 is 0 Å². The van der Waals surface area contributed by atoms with Crippen LogP contribution in [0.4, 0.5) is 0 Å². The predicted molar refractivity (Wildman–Crippen MR) is 78.8 cm³/mol. The molecule has 0 aliphatic rings. The molecule has 0 unspecified atom stereocenters. The van der Waals surface area contributed by atoms with Crippen molar-refractivity contribution in [2.24, 2.45) is 0 Å². The second kappa shape index (κ2) is 7.15. The Morgan fingerprint density at radius 1 is 0.944 bits per heavy atom. The zero-order valence-corrected chi connectivity index (χ0v) is 11.4. The third kappa shape index (κ3) is 3.83. The first kappa shape index (κ1) is 13.1. The second-order valence-corrected chi connectivity index (χ2v) is 5.05. The minimum absolute atomic E-state index is 1.13. The highest BCUT2D eigenvalue weighted by molar-refractivity contribution is 5.78. The maximum absolute atomic E-state index is 4.41. The van der Waals surface area contributed by atoms with Crippen LogP contribution in [-0.4, -0.2) is 4.98 Å². The smallest absolute Gasteiger partial charge is 0.0704 e. The molecule has 96 valence electrons. The van der Waals surface area contributed by atoms with Gasteiger partial charge in [0.15, 0.2) is 0 Å². The Morgan fingerprint density at radius 2 is 1.78 bits per heavy atom. The van der Waals surface area contributed by atoms with Gasteiger partial charge in [0.05, 0.1) is 5.52 Å². The van der Waals surface area contributed by atoms with E-state index in [2.05, 4.69) is 36.2 Å². The molecular formula is C17H23N. The molecule has 0 aliphatic carbocycles. The number of hydrogen-bond donors (Lipinski definition) is 0. The second-order valence-electron chi connectivity index (χ2n) is 5.05. The van der Waals surface area contributed by atoms with Crippen LogP contribution in [0.1, 0.15) is 51.0 Å². The van der Waals surface area contributed by atoms with Gasteiger partial charge in [-0.3, -0.25) is 4.98 Å². The van der Waals surface area contributed by atoms with E-state index >= 15 is 0 Å². The molecule has 0 aliphatic heterocycles. The zero-order valence-electron chi connectivity index (χ0n) is 11.4. The van der Waals surface area contributed by atoms with Crippen LogP contribution in [0, 0.1) is 0 Å². The summed E-state index contributed by atoms with van der Waals surface area (Å²) in [7, 11) is 0. The topological polar surface area (TPSA) is 12.9 Å². The first-order valence-corrected chi connectivity index (χ1v) is 7.24. The highest BCUT2D eigenvalue weighted by atomic mass is 14.6. The van der Waals surface area contributed by atoms with E-state index in [1.807, 2.05) is 12.3 Å². The lowest BCUT2D eigenvalue weighted by Gasteiger charge is -2.03. The van der Waals surface area contributed by atoms with Crippen LogP contribution in [0.15, 0.2) is 36.5 Å². The first-order chi connectivity index (χ1) is 8.90. The van der Waals surface area contributed by atoms with Crippen LogP contribution in [0.25, 0.3) is 10.9 Å². The van der Waals surface area contributed by atoms with Gasteiger partial charge in [-0.15, -0.1) is 0 Å². The summed E-state index contributed by atoms with van der Waals surface area (Å²) in [5, 5.41) is 1.24. The van der Waals surface area contributed by atoms with Crippen LogP contribution in [0.3, 0.4) is 0 Å². The van der Waals surface area contributed by atoms with E-state index in [0.29, 0.717) is 0 Å². The molecule has 0 radical (unpaired) electrons. The van der Waals surface area contributed by atoms with E-state index in [1.54, 1.807) is 0 Å². The summed E-state index contributed by atoms with van der Waals surface area (Å²) >= 11 is 0. The maximum atomic E-state index is 4.41. The van der Waals surface area contributed by atoms with Crippen molar-refractivity contribution in [3.63, 3.8) is 0 Å². The molecule has 1 aromatic carbocycles. The SMILES string of the molecule is CCCCCCCCc1ccc2cccnc2c1. The van der Waals surface area contributed by atoms with E-state index in [-0.39, 0.29) is 0 Å². The molecule has 2 aromatic rings. The summed E-state index contributed by atoms with van der Waals surface area (Å²) < 4.78 is 0. The van der Waals surface area contributed by atoms with Gasteiger partial charge in [-0.25, -0.2) is 0 Å². The van der Waals surface area contributed by atoms with E-state index in [4.69, 9.17) is 0 Å². The Labute approximate surface area is 110 Å². The van der Waals surface area contributed by atoms with Crippen LogP contribution in [-0.2, 0) is 6.42 Å². The number of fused-ring (bicyclic) bond motifs is 1. The Balaban J connectivity index is 1.81. The van der Waals surface area contributed by atoms with Gasteiger partial charge in [0.25, 0.3) is 0 Å². The molecular weight excluding hydrogens is 218 g/mol. The standard InChI is InChI=1S/C17H23N/c1-2-3-4-5-6-7-9-15-11-12-16-10-8-13-18-17(16)14-15/h8,10-14H,2-7,9H2,1H3. The fourth-order valence-electron chi connectivity index (χ4n) is 2.38. The molecule has 1 nitrogen and oxygen atoms in total. The summed E-state index contributed by atoms with van der Waals surface area (Å²) in [5.41, 5.74) is 2.55. The molecule has 0 fully saturated rings. The monoisotopic (exact) mass is 241 g/mol. The van der Waals surface area contributed by atoms with Gasteiger partial charge in [-0.2, -0.15) is 0 Å². The average Bonchev–Trinajstić information content (AvgIpc) is 2.42. The molecule has 18 heavy (non-hydrogen) atoms. The van der Waals surface area contributed by atoms with Gasteiger partial charge >= 0.3 is 0 Å².